The summed E-state index contributed by atoms with van der Waals surface area (Å²) in [5.74, 6) is -18.0. The second-order valence-electron chi connectivity index (χ2n) is 33.9. The number of benzene rings is 7. The van der Waals surface area contributed by atoms with Crippen molar-refractivity contribution < 1.29 is 142 Å². The van der Waals surface area contributed by atoms with Gasteiger partial charge in [0.2, 0.25) is 53.4 Å². The summed E-state index contributed by atoms with van der Waals surface area (Å²) in [6.07, 6.45) is -25.9. The van der Waals surface area contributed by atoms with E-state index in [2.05, 4.69) is 42.5 Å². The molecule has 7 aromatic rings. The minimum absolute atomic E-state index is 0.137. The number of aromatic hydroxyl groups is 3. The van der Waals surface area contributed by atoms with Crippen LogP contribution >= 0.6 is 34.8 Å². The van der Waals surface area contributed by atoms with E-state index in [9.17, 15) is 75.3 Å². The Morgan fingerprint density at radius 2 is 1.23 bits per heavy atom. The maximum Gasteiger partial charge on any atom is 0.334 e. The number of rotatable bonds is 23. The Morgan fingerprint density at radius 3 is 1.83 bits per heavy atom. The lowest BCUT2D eigenvalue weighted by Crippen LogP contribution is -2.66. The summed E-state index contributed by atoms with van der Waals surface area (Å²) in [5, 5.41) is 148. The number of hydrogen-bond donors (Lipinski definition) is 21. The second kappa shape index (κ2) is 40.5. The minimum atomic E-state index is -2.44. The molecular formula is C89H101Cl3N10O29. The van der Waals surface area contributed by atoms with Crippen molar-refractivity contribution in [2.75, 3.05) is 20.2 Å². The Hall–Kier alpha value is -11.2. The molecule has 131 heavy (non-hydrogen) atoms. The zero-order chi connectivity index (χ0) is 94.8. The molecule has 42 heteroatoms. The van der Waals surface area contributed by atoms with E-state index >= 15 is 24.0 Å². The van der Waals surface area contributed by atoms with Crippen LogP contribution in [0.4, 0.5) is 0 Å². The van der Waals surface area contributed by atoms with Crippen molar-refractivity contribution in [3.8, 4) is 68.2 Å². The zero-order valence-electron chi connectivity index (χ0n) is 71.3. The lowest BCUT2D eigenvalue weighted by atomic mass is 9.84. The van der Waals surface area contributed by atoms with Crippen molar-refractivity contribution >= 4 is 88.1 Å². The van der Waals surface area contributed by atoms with Gasteiger partial charge in [0.25, 0.3) is 0 Å². The zero-order valence-corrected chi connectivity index (χ0v) is 73.6. The Morgan fingerprint density at radius 1 is 0.634 bits per heavy atom. The molecule has 15 rings (SSSR count). The number of amides is 7. The van der Waals surface area contributed by atoms with E-state index in [1.165, 1.54) is 52.9 Å². The lowest BCUT2D eigenvalue weighted by Gasteiger charge is -2.48. The third kappa shape index (κ3) is 21.8. The third-order valence-corrected chi connectivity index (χ3v) is 24.5. The van der Waals surface area contributed by atoms with Crippen LogP contribution < -0.4 is 68.2 Å². The number of carboxylic acids is 2. The fraction of sp³-hybridized carbons (Fsp3) is 0.427. The fourth-order valence-corrected chi connectivity index (χ4v) is 17.2. The summed E-state index contributed by atoms with van der Waals surface area (Å²) in [6.45, 7) is 7.86. The van der Waals surface area contributed by atoms with Crippen LogP contribution in [0.2, 0.25) is 15.1 Å². The molecule has 8 aliphatic heterocycles. The van der Waals surface area contributed by atoms with Crippen molar-refractivity contribution in [1.82, 2.24) is 42.5 Å². The predicted molar refractivity (Wildman–Crippen MR) is 463 cm³/mol. The van der Waals surface area contributed by atoms with Crippen molar-refractivity contribution in [2.24, 2.45) is 17.4 Å². The molecule has 23 N–H and O–H groups in total. The number of halogens is 3. The van der Waals surface area contributed by atoms with Crippen molar-refractivity contribution in [1.29, 1.82) is 0 Å². The molecule has 8 aliphatic rings. The molecule has 11 bridgehead atoms. The molecule has 23 atom stereocenters. The van der Waals surface area contributed by atoms with Crippen LogP contribution in [-0.2, 0) is 78.2 Å². The normalized spacial score (nSPS) is 29.1. The number of likely N-dealkylation sites (N-methyl/N-ethyl adjacent to an activating group) is 1. The molecule has 0 spiro atoms. The first-order valence-electron chi connectivity index (χ1n) is 41.7. The molecule has 39 nitrogen and oxygen atoms in total. The number of carboxylic acid groups (broad SMARTS) is 2. The fourth-order valence-electron chi connectivity index (χ4n) is 16.6. The maximum atomic E-state index is 16.6. The first-order chi connectivity index (χ1) is 62.0. The van der Waals surface area contributed by atoms with Gasteiger partial charge in [-0.1, -0.05) is 103 Å². The highest BCUT2D eigenvalue weighted by atomic mass is 35.5. The molecule has 702 valence electrons. The SMILES string of the molecule is CN[C@H](CC(C)C)C(=O)NC1C(=O)NC(CC(N)=O)C(=O)N[C@H]2C(=O)NC3C(=O)N[C@H](C(=O)N[C@@H](C(=O)O)c4cc(O)cc(O)c4-c4cc3ccc4O)[C@H](OC3CC(C)(N)C(O)C(C)O3)c3ccc(c(Cl)c3)Oc3cc2cc(c3OC2OC(CO)C(O)C(O)C2OC2CC(C)(NCC(OCc3ccc(-c4ccc(Cl)cc4)cc3)C(=O)O)C(O)C(C)O2)Oc2ccc(cc2Cl)[C@H]1O. The standard InChI is InChI=1S/C89H101Cl3N10O29/c1-36(2)22-52(95-7)79(113)101-69-71(108)43-15-20-56(50(91)24-43)126-58-26-45-27-59(75(58)131-87-76(73(110)72(109)61(34-103)128-87)130-64-32-89(6,78(112)38(4)125-64)96-33-60(85(119)120)123-35-39-8-10-40(11-9-39)41-12-17-46(90)18-13-41)127-57-21-16-44(25-51(57)92)74(129-63-31-88(5,94)77(111)37(3)124-63)70-84(118)100-68(86(121)122)49-28-47(104)29-55(106)65(49)48-23-42(14-19-54(48)105)66(81(115)102-70)99-82(116)67(45)98-80(114)53(30-62(93)107)97-83(69)117/h8-21,23-29,36-38,52-53,60-61,63-64,66-74,76-78,87,95-96,103-106,108-112H,22,30-35,94H2,1-7H3,(H2,93,107)(H,97,117)(H,98,114)(H,99,116)(H,100,118)(H,101,113)(H,102,115)(H,119,120)(H,121,122)/t37?,38?,52-,53?,60?,61?,63?,64?,66?,67-,68-,69?,70+,71-,72?,73?,74-,76?,77?,78?,87?,88?,89?/m1/s1. The summed E-state index contributed by atoms with van der Waals surface area (Å²) in [4.78, 5) is 134. The van der Waals surface area contributed by atoms with E-state index in [0.29, 0.717) is 10.6 Å². The number of carbonyl (C=O) groups excluding carboxylic acids is 7. The molecule has 3 saturated heterocycles. The summed E-state index contributed by atoms with van der Waals surface area (Å²) < 4.78 is 58.6. The topological polar surface area (TPSA) is 608 Å². The number of aliphatic hydroxyl groups is 6. The van der Waals surface area contributed by atoms with Gasteiger partial charge < -0.3 is 153 Å². The third-order valence-electron chi connectivity index (χ3n) is 23.6. The molecule has 0 aliphatic carbocycles. The Bertz CT molecular complexity index is 5470. The van der Waals surface area contributed by atoms with Gasteiger partial charge in [-0.25, -0.2) is 9.59 Å². The maximum absolute atomic E-state index is 16.6. The number of fused-ring (bicyclic) bond motifs is 15. The number of phenols is 3. The van der Waals surface area contributed by atoms with Gasteiger partial charge in [0.05, 0.1) is 60.1 Å². The summed E-state index contributed by atoms with van der Waals surface area (Å²) >= 11 is 20.8. The van der Waals surface area contributed by atoms with Crippen molar-refractivity contribution in [3.63, 3.8) is 0 Å². The van der Waals surface area contributed by atoms with E-state index in [-0.39, 0.29) is 36.5 Å². The monoisotopic (exact) mass is 1880 g/mol. The highest BCUT2D eigenvalue weighted by molar-refractivity contribution is 6.32. The Labute approximate surface area is 763 Å². The highest BCUT2D eigenvalue weighted by Gasteiger charge is 2.54. The Balaban J connectivity index is 0.987. The average molecular weight is 1880 g/mol. The number of primary amides is 1. The van der Waals surface area contributed by atoms with Gasteiger partial charge in [-0.3, -0.25) is 33.6 Å². The molecule has 3 fully saturated rings. The van der Waals surface area contributed by atoms with Crippen molar-refractivity contribution in [3.05, 3.63) is 176 Å². The number of ether oxygens (including phenoxy) is 9. The van der Waals surface area contributed by atoms with E-state index in [1.807, 2.05) is 38.1 Å². The molecular weight excluding hydrogens is 1780 g/mol. The van der Waals surface area contributed by atoms with Crippen LogP contribution in [0.1, 0.15) is 131 Å². The van der Waals surface area contributed by atoms with Gasteiger partial charge >= 0.3 is 11.9 Å². The van der Waals surface area contributed by atoms with Crippen LogP contribution in [0.5, 0.6) is 46.0 Å². The van der Waals surface area contributed by atoms with E-state index in [0.717, 1.165) is 71.8 Å². The van der Waals surface area contributed by atoms with E-state index in [4.69, 9.17) is 88.9 Å². The van der Waals surface area contributed by atoms with Gasteiger partial charge in [0.1, 0.15) is 89.5 Å². The summed E-state index contributed by atoms with van der Waals surface area (Å²) in [5.41, 5.74) is 8.81. The van der Waals surface area contributed by atoms with Gasteiger partial charge in [-0.05, 0) is 153 Å². The van der Waals surface area contributed by atoms with Gasteiger partial charge in [0.15, 0.2) is 42.3 Å². The summed E-state index contributed by atoms with van der Waals surface area (Å²) in [6, 6.07) is 13.4. The number of carbonyl (C=O) groups is 9. The number of nitrogens with one attached hydrogen (secondary N) is 8. The van der Waals surface area contributed by atoms with Gasteiger partial charge in [-0.15, -0.1) is 0 Å². The predicted octanol–water partition coefficient (Wildman–Crippen LogP) is 3.97. The van der Waals surface area contributed by atoms with Crippen LogP contribution in [-0.4, -0.2) is 239 Å². The lowest BCUT2D eigenvalue weighted by molar-refractivity contribution is -0.334. The number of hydrogen-bond acceptors (Lipinski definition) is 30. The average Bonchev–Trinajstić information content (AvgIpc) is 0.763. The van der Waals surface area contributed by atoms with Crippen molar-refractivity contribution in [2.45, 2.75) is 213 Å². The number of nitrogens with two attached hydrogens (primary N) is 2. The second-order valence-corrected chi connectivity index (χ2v) is 35.1. The van der Waals surface area contributed by atoms with Crippen LogP contribution in [0, 0.1) is 5.92 Å². The molecule has 8 heterocycles. The smallest absolute Gasteiger partial charge is 0.334 e. The van der Waals surface area contributed by atoms with Crippen LogP contribution in [0.25, 0.3) is 22.3 Å². The number of phenolic OH excluding ortho intramolecular Hbond substituents is 3. The summed E-state index contributed by atoms with van der Waals surface area (Å²) in [7, 11) is 1.46. The van der Waals surface area contributed by atoms with Gasteiger partial charge in [0, 0.05) is 58.2 Å². The molecule has 17 unspecified atom stereocenters. The minimum Gasteiger partial charge on any atom is -0.508 e. The van der Waals surface area contributed by atoms with Crippen LogP contribution in [0.3, 0.4) is 0 Å². The molecule has 0 aromatic heterocycles. The van der Waals surface area contributed by atoms with Gasteiger partial charge in [-0.2, -0.15) is 0 Å². The number of aliphatic hydroxyl groups excluding tert-OH is 6. The quantitative estimate of drug-likeness (QED) is 0.0431. The van der Waals surface area contributed by atoms with E-state index < -0.39 is 303 Å². The molecule has 0 radical (unpaired) electrons. The first kappa shape index (κ1) is 97.4. The highest BCUT2D eigenvalue weighted by Crippen LogP contribution is 2.51. The molecule has 0 saturated carbocycles. The number of aliphatic carboxylic acids is 2. The Kier molecular flexibility index (Phi) is 30.1. The largest absolute Gasteiger partial charge is 0.508 e. The molecule has 7 aromatic carbocycles. The van der Waals surface area contributed by atoms with Crippen LogP contribution in [0.15, 0.2) is 127 Å². The molecule has 7 amide bonds. The van der Waals surface area contributed by atoms with E-state index in [1.54, 1.807) is 24.3 Å². The first-order valence-corrected chi connectivity index (χ1v) is 42.8.